The molecule has 0 nitrogen and oxygen atoms in total. The Kier molecular flexibility index (Phi) is 6.71. The van der Waals surface area contributed by atoms with Crippen LogP contribution in [0, 0.1) is 0 Å². The summed E-state index contributed by atoms with van der Waals surface area (Å²) in [5.74, 6) is 0. The Bertz CT molecular complexity index is 2120. The van der Waals surface area contributed by atoms with Crippen molar-refractivity contribution in [2.75, 3.05) is 0 Å². The number of hydrogen-bond acceptors (Lipinski definition) is 0. The molecule has 0 aliphatic heterocycles. The maximum absolute atomic E-state index is 2.38. The van der Waals surface area contributed by atoms with Crippen LogP contribution in [0.5, 0.6) is 0 Å². The molecule has 0 fully saturated rings. The van der Waals surface area contributed by atoms with Gasteiger partial charge in [0.1, 0.15) is 0 Å². The van der Waals surface area contributed by atoms with Gasteiger partial charge in [-0.3, -0.25) is 0 Å². The second kappa shape index (κ2) is 10.7. The minimum atomic E-state index is 0.0371. The first kappa shape index (κ1) is 26.9. The van der Waals surface area contributed by atoms with Crippen LogP contribution in [0.1, 0.15) is 38.8 Å². The molecule has 0 heterocycles. The Labute approximate surface area is 255 Å². The van der Waals surface area contributed by atoms with Crippen molar-refractivity contribution in [1.29, 1.82) is 0 Å². The number of rotatable bonds is 4. The second-order valence-corrected chi connectivity index (χ2v) is 12.6. The van der Waals surface area contributed by atoms with Crippen molar-refractivity contribution in [3.05, 3.63) is 151 Å². The molecule has 0 aliphatic rings. The molecule has 43 heavy (non-hydrogen) atoms. The van der Waals surface area contributed by atoms with Gasteiger partial charge in [-0.1, -0.05) is 148 Å². The lowest BCUT2D eigenvalue weighted by atomic mass is 9.83. The van der Waals surface area contributed by atoms with Gasteiger partial charge in [0.2, 0.25) is 0 Å². The van der Waals surface area contributed by atoms with Crippen LogP contribution in [0.2, 0.25) is 0 Å². The standard InChI is InChI=1S/C43H36/c1-5-11-29-18-20-30(21-19-29)34-25-35(27-36(26-34)43(2,3)4)32-13-10-12-31(24-32)33-22-23-41-39-16-7-6-14-37(39)38-15-8-9-17-40(38)42(41)28-33/h5-28H,1-4H3/b11-5+. The highest BCUT2D eigenvalue weighted by Crippen LogP contribution is 2.39. The fourth-order valence-corrected chi connectivity index (χ4v) is 6.34. The molecule has 7 rings (SSSR count). The topological polar surface area (TPSA) is 0 Å². The molecule has 0 bridgehead atoms. The van der Waals surface area contributed by atoms with E-state index < -0.39 is 0 Å². The predicted octanol–water partition coefficient (Wildman–Crippen LogP) is 12.5. The van der Waals surface area contributed by atoms with E-state index in [0.717, 1.165) is 0 Å². The maximum Gasteiger partial charge on any atom is -0.00928 e. The summed E-state index contributed by atoms with van der Waals surface area (Å²) in [7, 11) is 0. The quantitative estimate of drug-likeness (QED) is 0.191. The summed E-state index contributed by atoms with van der Waals surface area (Å²) in [6.07, 6.45) is 4.23. The minimum absolute atomic E-state index is 0.0371. The number of benzene rings is 7. The molecule has 0 radical (unpaired) electrons. The van der Waals surface area contributed by atoms with Gasteiger partial charge in [-0.15, -0.1) is 0 Å². The van der Waals surface area contributed by atoms with Crippen molar-refractivity contribution in [1.82, 2.24) is 0 Å². The fourth-order valence-electron chi connectivity index (χ4n) is 6.34. The largest absolute Gasteiger partial charge is 0.0871 e. The zero-order valence-corrected chi connectivity index (χ0v) is 25.4. The molecule has 0 aliphatic carbocycles. The second-order valence-electron chi connectivity index (χ2n) is 12.6. The van der Waals surface area contributed by atoms with Gasteiger partial charge in [-0.25, -0.2) is 0 Å². The van der Waals surface area contributed by atoms with Gasteiger partial charge in [0, 0.05) is 0 Å². The highest BCUT2D eigenvalue weighted by molar-refractivity contribution is 6.25. The first-order valence-electron chi connectivity index (χ1n) is 15.2. The molecule has 0 saturated heterocycles. The van der Waals surface area contributed by atoms with E-state index in [9.17, 15) is 0 Å². The van der Waals surface area contributed by atoms with E-state index in [2.05, 4.69) is 173 Å². The van der Waals surface area contributed by atoms with Crippen molar-refractivity contribution < 1.29 is 0 Å². The summed E-state index contributed by atoms with van der Waals surface area (Å²) in [6, 6.07) is 49.5. The van der Waals surface area contributed by atoms with E-state index >= 15 is 0 Å². The van der Waals surface area contributed by atoms with E-state index in [1.54, 1.807) is 0 Å². The number of fused-ring (bicyclic) bond motifs is 6. The van der Waals surface area contributed by atoms with E-state index in [1.165, 1.54) is 76.8 Å². The number of hydrogen-bond donors (Lipinski definition) is 0. The lowest BCUT2D eigenvalue weighted by Crippen LogP contribution is -2.11. The van der Waals surface area contributed by atoms with Gasteiger partial charge >= 0.3 is 0 Å². The monoisotopic (exact) mass is 552 g/mol. The molecule has 0 saturated carbocycles. The van der Waals surface area contributed by atoms with E-state index in [1.807, 2.05) is 0 Å². The molecule has 0 N–H and O–H groups in total. The Morgan fingerprint density at radius 2 is 0.860 bits per heavy atom. The molecule has 0 unspecified atom stereocenters. The average Bonchev–Trinajstić information content (AvgIpc) is 3.04. The molecule has 0 atom stereocenters. The van der Waals surface area contributed by atoms with Crippen LogP contribution in [0.15, 0.2) is 140 Å². The lowest BCUT2D eigenvalue weighted by molar-refractivity contribution is 0.590. The molecule has 7 aromatic rings. The molecule has 0 heteroatoms. The Hall–Kier alpha value is -4.94. The summed E-state index contributed by atoms with van der Waals surface area (Å²) in [5.41, 5.74) is 10.0. The fraction of sp³-hybridized carbons (Fsp3) is 0.116. The Balaban J connectivity index is 1.36. The zero-order chi connectivity index (χ0) is 29.6. The molecule has 0 spiro atoms. The third-order valence-electron chi connectivity index (χ3n) is 8.68. The van der Waals surface area contributed by atoms with Gasteiger partial charge in [-0.05, 0) is 107 Å². The van der Waals surface area contributed by atoms with Crippen LogP contribution < -0.4 is 0 Å². The van der Waals surface area contributed by atoms with Crippen LogP contribution in [-0.4, -0.2) is 0 Å². The van der Waals surface area contributed by atoms with Crippen molar-refractivity contribution in [2.24, 2.45) is 0 Å². The van der Waals surface area contributed by atoms with E-state index in [0.29, 0.717) is 0 Å². The summed E-state index contributed by atoms with van der Waals surface area (Å²) in [5, 5.41) is 7.83. The van der Waals surface area contributed by atoms with Crippen LogP contribution in [-0.2, 0) is 5.41 Å². The average molecular weight is 553 g/mol. The van der Waals surface area contributed by atoms with Gasteiger partial charge < -0.3 is 0 Å². The van der Waals surface area contributed by atoms with Crippen LogP contribution in [0.3, 0.4) is 0 Å². The van der Waals surface area contributed by atoms with Crippen LogP contribution >= 0.6 is 0 Å². The lowest BCUT2D eigenvalue weighted by Gasteiger charge is -2.22. The first-order valence-corrected chi connectivity index (χ1v) is 15.2. The Morgan fingerprint density at radius 3 is 1.44 bits per heavy atom. The molecule has 0 aromatic heterocycles. The van der Waals surface area contributed by atoms with Gasteiger partial charge in [-0.2, -0.15) is 0 Å². The highest BCUT2D eigenvalue weighted by Gasteiger charge is 2.17. The molecular weight excluding hydrogens is 516 g/mol. The van der Waals surface area contributed by atoms with Crippen molar-refractivity contribution in [3.8, 4) is 33.4 Å². The predicted molar refractivity (Wildman–Crippen MR) is 189 cm³/mol. The van der Waals surface area contributed by atoms with Crippen LogP contribution in [0.25, 0.3) is 71.8 Å². The SMILES string of the molecule is C/C=C/c1ccc(-c2cc(-c3cccc(-c4ccc5c6ccccc6c6ccccc6c5c4)c3)cc(C(C)(C)C)c2)cc1. The van der Waals surface area contributed by atoms with E-state index in [-0.39, 0.29) is 5.41 Å². The third-order valence-corrected chi connectivity index (χ3v) is 8.68. The van der Waals surface area contributed by atoms with Gasteiger partial charge in [0.25, 0.3) is 0 Å². The van der Waals surface area contributed by atoms with Gasteiger partial charge in [0.05, 0.1) is 0 Å². The smallest absolute Gasteiger partial charge is 0.00928 e. The maximum atomic E-state index is 2.38. The van der Waals surface area contributed by atoms with Gasteiger partial charge in [0.15, 0.2) is 0 Å². The Morgan fingerprint density at radius 1 is 0.395 bits per heavy atom. The van der Waals surface area contributed by atoms with E-state index in [4.69, 9.17) is 0 Å². The van der Waals surface area contributed by atoms with Crippen molar-refractivity contribution in [2.45, 2.75) is 33.1 Å². The third kappa shape index (κ3) is 5.04. The minimum Gasteiger partial charge on any atom is -0.0871 e. The normalized spacial score (nSPS) is 12.1. The first-order chi connectivity index (χ1) is 20.9. The highest BCUT2D eigenvalue weighted by atomic mass is 14.2. The van der Waals surface area contributed by atoms with Crippen molar-refractivity contribution in [3.63, 3.8) is 0 Å². The summed E-state index contributed by atoms with van der Waals surface area (Å²) in [4.78, 5) is 0. The number of allylic oxidation sites excluding steroid dienone is 1. The molecule has 7 aromatic carbocycles. The van der Waals surface area contributed by atoms with Crippen LogP contribution in [0.4, 0.5) is 0 Å². The molecule has 208 valence electrons. The summed E-state index contributed by atoms with van der Waals surface area (Å²) in [6.45, 7) is 8.95. The zero-order valence-electron chi connectivity index (χ0n) is 25.4. The van der Waals surface area contributed by atoms with Crippen molar-refractivity contribution >= 4 is 38.4 Å². The molecule has 0 amide bonds. The molecular formula is C43H36. The summed E-state index contributed by atoms with van der Waals surface area (Å²) < 4.78 is 0. The summed E-state index contributed by atoms with van der Waals surface area (Å²) >= 11 is 0.